The van der Waals surface area contributed by atoms with Gasteiger partial charge in [-0.1, -0.05) is 60.7 Å². The molecule has 5 nitrogen and oxygen atoms in total. The van der Waals surface area contributed by atoms with Crippen molar-refractivity contribution >= 4 is 17.3 Å². The minimum absolute atomic E-state index is 0.0488. The second kappa shape index (κ2) is 10.5. The molecule has 0 aliphatic rings. The van der Waals surface area contributed by atoms with E-state index in [2.05, 4.69) is 34.9 Å². The number of thiocarbonyl (C=S) groups is 1. The average molecular weight is 423 g/mol. The Bertz CT molecular complexity index is 900. The predicted octanol–water partition coefficient (Wildman–Crippen LogP) is 4.47. The van der Waals surface area contributed by atoms with E-state index >= 15 is 0 Å². The van der Waals surface area contributed by atoms with Gasteiger partial charge in [-0.05, 0) is 41.0 Å². The summed E-state index contributed by atoms with van der Waals surface area (Å²) in [5.74, 6) is 1.79. The zero-order chi connectivity index (χ0) is 21.3. The number of hydrogen-bond acceptors (Lipinski definition) is 4. The fourth-order valence-electron chi connectivity index (χ4n) is 3.25. The molecule has 0 bridgehead atoms. The highest BCUT2D eigenvalue weighted by molar-refractivity contribution is 7.80. The summed E-state index contributed by atoms with van der Waals surface area (Å²) < 4.78 is 16.2. The Labute approximate surface area is 183 Å². The van der Waals surface area contributed by atoms with Gasteiger partial charge in [0.2, 0.25) is 5.75 Å². The van der Waals surface area contributed by atoms with Gasteiger partial charge >= 0.3 is 0 Å². The van der Waals surface area contributed by atoms with E-state index in [1.807, 2.05) is 48.5 Å². The van der Waals surface area contributed by atoms with Crippen molar-refractivity contribution in [3.05, 3.63) is 89.5 Å². The topological polar surface area (TPSA) is 51.8 Å². The molecular formula is C24H26N2O3S. The third-order valence-corrected chi connectivity index (χ3v) is 4.98. The minimum atomic E-state index is -0.0488. The first-order chi connectivity index (χ1) is 14.7. The molecule has 0 aromatic heterocycles. The lowest BCUT2D eigenvalue weighted by molar-refractivity contribution is 0.323. The van der Waals surface area contributed by atoms with E-state index in [0.29, 0.717) is 28.9 Å². The summed E-state index contributed by atoms with van der Waals surface area (Å²) in [6.45, 7) is 0.513. The number of methoxy groups -OCH3 is 3. The summed E-state index contributed by atoms with van der Waals surface area (Å²) in [6.07, 6.45) is 0. The zero-order valence-electron chi connectivity index (χ0n) is 17.3. The van der Waals surface area contributed by atoms with E-state index in [1.54, 1.807) is 21.3 Å². The first kappa shape index (κ1) is 21.5. The molecule has 0 heterocycles. The number of rotatable bonds is 8. The van der Waals surface area contributed by atoms with Crippen LogP contribution in [0.25, 0.3) is 0 Å². The van der Waals surface area contributed by atoms with E-state index < -0.39 is 0 Å². The summed E-state index contributed by atoms with van der Waals surface area (Å²) in [7, 11) is 4.79. The van der Waals surface area contributed by atoms with Gasteiger partial charge in [-0.3, -0.25) is 0 Å². The van der Waals surface area contributed by atoms with Crippen LogP contribution in [0.4, 0.5) is 0 Å². The Morgan fingerprint density at radius 3 is 1.73 bits per heavy atom. The molecule has 0 saturated heterocycles. The zero-order valence-corrected chi connectivity index (χ0v) is 18.2. The number of nitrogens with one attached hydrogen (secondary N) is 2. The molecule has 0 atom stereocenters. The maximum Gasteiger partial charge on any atom is 0.203 e. The largest absolute Gasteiger partial charge is 0.493 e. The lowest BCUT2D eigenvalue weighted by atomic mass is 9.99. The Kier molecular flexibility index (Phi) is 7.51. The summed E-state index contributed by atoms with van der Waals surface area (Å²) in [5, 5.41) is 7.27. The van der Waals surface area contributed by atoms with Gasteiger partial charge in [-0.15, -0.1) is 0 Å². The quantitative estimate of drug-likeness (QED) is 0.523. The Morgan fingerprint density at radius 2 is 1.30 bits per heavy atom. The van der Waals surface area contributed by atoms with Crippen molar-refractivity contribution in [1.29, 1.82) is 0 Å². The average Bonchev–Trinajstić information content (AvgIpc) is 2.81. The van der Waals surface area contributed by atoms with Gasteiger partial charge in [-0.2, -0.15) is 0 Å². The fourth-order valence-corrected chi connectivity index (χ4v) is 3.44. The molecule has 0 saturated carbocycles. The Hall–Kier alpha value is -3.25. The van der Waals surface area contributed by atoms with Crippen molar-refractivity contribution in [2.45, 2.75) is 12.6 Å². The van der Waals surface area contributed by atoms with Crippen molar-refractivity contribution in [1.82, 2.24) is 10.6 Å². The number of benzene rings is 3. The molecule has 0 aliphatic carbocycles. The van der Waals surface area contributed by atoms with Crippen molar-refractivity contribution in [2.24, 2.45) is 0 Å². The van der Waals surface area contributed by atoms with Gasteiger partial charge in [0, 0.05) is 6.54 Å². The van der Waals surface area contributed by atoms with Gasteiger partial charge in [-0.25, -0.2) is 0 Å². The molecule has 0 radical (unpaired) electrons. The van der Waals surface area contributed by atoms with Crippen LogP contribution in [-0.4, -0.2) is 26.4 Å². The van der Waals surface area contributed by atoms with Gasteiger partial charge in [0.25, 0.3) is 0 Å². The van der Waals surface area contributed by atoms with E-state index in [1.165, 1.54) is 0 Å². The van der Waals surface area contributed by atoms with Crippen molar-refractivity contribution in [3.63, 3.8) is 0 Å². The third-order valence-electron chi connectivity index (χ3n) is 4.72. The predicted molar refractivity (Wildman–Crippen MR) is 123 cm³/mol. The van der Waals surface area contributed by atoms with Crippen molar-refractivity contribution < 1.29 is 14.2 Å². The number of hydrogen-bond donors (Lipinski definition) is 2. The Morgan fingerprint density at radius 1 is 0.800 bits per heavy atom. The van der Waals surface area contributed by atoms with Crippen LogP contribution in [0.3, 0.4) is 0 Å². The molecule has 0 spiro atoms. The molecule has 6 heteroatoms. The van der Waals surface area contributed by atoms with Gasteiger partial charge in [0.15, 0.2) is 16.6 Å². The smallest absolute Gasteiger partial charge is 0.203 e. The van der Waals surface area contributed by atoms with Crippen LogP contribution < -0.4 is 24.8 Å². The van der Waals surface area contributed by atoms with Crippen LogP contribution in [0.15, 0.2) is 72.8 Å². The summed E-state index contributed by atoms with van der Waals surface area (Å²) >= 11 is 5.59. The summed E-state index contributed by atoms with van der Waals surface area (Å²) in [4.78, 5) is 0. The van der Waals surface area contributed by atoms with Crippen LogP contribution in [0.2, 0.25) is 0 Å². The lowest BCUT2D eigenvalue weighted by Crippen LogP contribution is -2.37. The molecule has 3 rings (SSSR count). The van der Waals surface area contributed by atoms with Gasteiger partial charge in [0.05, 0.1) is 27.4 Å². The summed E-state index contributed by atoms with van der Waals surface area (Å²) in [6, 6.07) is 24.2. The molecular weight excluding hydrogens is 396 g/mol. The highest BCUT2D eigenvalue weighted by atomic mass is 32.1. The molecule has 3 aromatic carbocycles. The van der Waals surface area contributed by atoms with E-state index in [4.69, 9.17) is 26.4 Å². The first-order valence-corrected chi connectivity index (χ1v) is 10.00. The summed E-state index contributed by atoms with van der Waals surface area (Å²) in [5.41, 5.74) is 3.24. The van der Waals surface area contributed by atoms with Crippen LogP contribution in [-0.2, 0) is 6.54 Å². The number of ether oxygens (including phenoxy) is 3. The molecule has 30 heavy (non-hydrogen) atoms. The van der Waals surface area contributed by atoms with Crippen molar-refractivity contribution in [2.75, 3.05) is 21.3 Å². The molecule has 0 fully saturated rings. The second-order valence-electron chi connectivity index (χ2n) is 6.61. The maximum absolute atomic E-state index is 5.59. The van der Waals surface area contributed by atoms with Gasteiger partial charge in [0.1, 0.15) is 0 Å². The van der Waals surface area contributed by atoms with Crippen LogP contribution in [0.1, 0.15) is 22.7 Å². The molecule has 0 amide bonds. The normalized spacial score (nSPS) is 10.4. The molecule has 2 N–H and O–H groups in total. The van der Waals surface area contributed by atoms with Crippen LogP contribution in [0, 0.1) is 0 Å². The highest BCUT2D eigenvalue weighted by Gasteiger charge is 2.16. The standard InChI is InChI=1S/C24H26N2O3S/c1-27-20-14-17(15-21(28-2)23(20)29-3)16-25-24(30)26-22(18-10-6-4-7-11-18)19-12-8-5-9-13-19/h4-15,22H,16H2,1-3H3,(H2,25,26,30). The minimum Gasteiger partial charge on any atom is -0.493 e. The van der Waals surface area contributed by atoms with Crippen LogP contribution in [0.5, 0.6) is 17.2 Å². The SMILES string of the molecule is COc1cc(CNC(=S)NC(c2ccccc2)c2ccccc2)cc(OC)c1OC. The Balaban J connectivity index is 1.74. The molecule has 156 valence electrons. The van der Waals surface area contributed by atoms with Crippen LogP contribution >= 0.6 is 12.2 Å². The maximum atomic E-state index is 5.59. The van der Waals surface area contributed by atoms with Gasteiger partial charge < -0.3 is 24.8 Å². The van der Waals surface area contributed by atoms with E-state index in [9.17, 15) is 0 Å². The molecule has 0 aliphatic heterocycles. The fraction of sp³-hybridized carbons (Fsp3) is 0.208. The van der Waals surface area contributed by atoms with E-state index in [0.717, 1.165) is 16.7 Å². The van der Waals surface area contributed by atoms with E-state index in [-0.39, 0.29) is 6.04 Å². The van der Waals surface area contributed by atoms with Crippen molar-refractivity contribution in [3.8, 4) is 17.2 Å². The third kappa shape index (κ3) is 5.21. The first-order valence-electron chi connectivity index (χ1n) is 9.59. The monoisotopic (exact) mass is 422 g/mol. The second-order valence-corrected chi connectivity index (χ2v) is 7.02. The molecule has 0 unspecified atom stereocenters. The highest BCUT2D eigenvalue weighted by Crippen LogP contribution is 2.38. The lowest BCUT2D eigenvalue weighted by Gasteiger charge is -2.22. The molecule has 3 aromatic rings.